The molecule has 0 saturated heterocycles. The fraction of sp³-hybridized carbons (Fsp3) is 0.0833. The highest BCUT2D eigenvalue weighted by Gasteiger charge is 2.12. The smallest absolute Gasteiger partial charge is 0.192 e. The summed E-state index contributed by atoms with van der Waals surface area (Å²) in [5.41, 5.74) is 1.41. The van der Waals surface area contributed by atoms with Crippen LogP contribution >= 0.6 is 0 Å². The molecule has 15 heavy (non-hydrogen) atoms. The zero-order chi connectivity index (χ0) is 10.3. The van der Waals surface area contributed by atoms with Crippen LogP contribution in [0.5, 0.6) is 5.75 Å². The van der Waals surface area contributed by atoms with Crippen LogP contribution in [0.4, 0.5) is 0 Å². The second kappa shape index (κ2) is 2.98. The van der Waals surface area contributed by atoms with Crippen molar-refractivity contribution in [3.8, 4) is 5.75 Å². The van der Waals surface area contributed by atoms with Gasteiger partial charge in [0.2, 0.25) is 0 Å². The molecule has 3 nitrogen and oxygen atoms in total. The van der Waals surface area contributed by atoms with E-state index in [4.69, 9.17) is 9.15 Å². The van der Waals surface area contributed by atoms with Crippen LogP contribution in [0.3, 0.4) is 0 Å². The SMILES string of the molecule is O=c1ccoc2c3c(ccc12)OCC=C3. The minimum absolute atomic E-state index is 0.0296. The molecule has 0 N–H and O–H groups in total. The molecule has 1 aromatic heterocycles. The molecule has 3 rings (SSSR count). The molecule has 1 aromatic carbocycles. The number of fused-ring (bicyclic) bond motifs is 3. The molecular formula is C12H8O3. The predicted octanol–water partition coefficient (Wildman–Crippen LogP) is 2.20. The van der Waals surface area contributed by atoms with E-state index in [0.717, 1.165) is 11.3 Å². The monoisotopic (exact) mass is 200 g/mol. The average Bonchev–Trinajstić information content (AvgIpc) is 2.29. The van der Waals surface area contributed by atoms with Gasteiger partial charge >= 0.3 is 0 Å². The number of ether oxygens (including phenoxy) is 1. The van der Waals surface area contributed by atoms with Gasteiger partial charge < -0.3 is 9.15 Å². The zero-order valence-corrected chi connectivity index (χ0v) is 7.90. The van der Waals surface area contributed by atoms with Crippen LogP contribution < -0.4 is 10.2 Å². The first-order chi connectivity index (χ1) is 7.36. The van der Waals surface area contributed by atoms with Crippen molar-refractivity contribution in [3.05, 3.63) is 46.3 Å². The topological polar surface area (TPSA) is 39.4 Å². The minimum Gasteiger partial charge on any atom is -0.489 e. The Morgan fingerprint density at radius 1 is 1.20 bits per heavy atom. The third-order valence-corrected chi connectivity index (χ3v) is 2.45. The van der Waals surface area contributed by atoms with E-state index in [-0.39, 0.29) is 5.43 Å². The van der Waals surface area contributed by atoms with Crippen molar-refractivity contribution in [1.82, 2.24) is 0 Å². The Hall–Kier alpha value is -2.03. The summed E-state index contributed by atoms with van der Waals surface area (Å²) in [7, 11) is 0. The second-order valence-corrected chi connectivity index (χ2v) is 3.35. The summed E-state index contributed by atoms with van der Waals surface area (Å²) < 4.78 is 10.8. The number of benzene rings is 1. The maximum atomic E-state index is 11.5. The summed E-state index contributed by atoms with van der Waals surface area (Å²) in [6.45, 7) is 0.565. The van der Waals surface area contributed by atoms with E-state index in [9.17, 15) is 4.79 Å². The zero-order valence-electron chi connectivity index (χ0n) is 7.90. The number of rotatable bonds is 0. The molecule has 0 atom stereocenters. The summed E-state index contributed by atoms with van der Waals surface area (Å²) in [5.74, 6) is 0.763. The molecule has 0 unspecified atom stereocenters. The summed E-state index contributed by atoms with van der Waals surface area (Å²) in [6.07, 6.45) is 5.23. The molecular weight excluding hydrogens is 192 g/mol. The summed E-state index contributed by atoms with van der Waals surface area (Å²) in [4.78, 5) is 11.5. The van der Waals surface area contributed by atoms with Gasteiger partial charge in [-0.3, -0.25) is 4.79 Å². The van der Waals surface area contributed by atoms with Crippen molar-refractivity contribution in [2.75, 3.05) is 6.61 Å². The van der Waals surface area contributed by atoms with Gasteiger partial charge in [0.25, 0.3) is 0 Å². The number of hydrogen-bond acceptors (Lipinski definition) is 3. The van der Waals surface area contributed by atoms with Gasteiger partial charge in [0.1, 0.15) is 17.9 Å². The van der Waals surface area contributed by atoms with E-state index in [0.29, 0.717) is 17.6 Å². The molecule has 0 spiro atoms. The second-order valence-electron chi connectivity index (χ2n) is 3.35. The van der Waals surface area contributed by atoms with Crippen LogP contribution in [0.2, 0.25) is 0 Å². The highest BCUT2D eigenvalue weighted by Crippen LogP contribution is 2.29. The Balaban J connectivity index is 2.49. The summed E-state index contributed by atoms with van der Waals surface area (Å²) >= 11 is 0. The fourth-order valence-electron chi connectivity index (χ4n) is 1.74. The molecule has 0 fully saturated rings. The quantitative estimate of drug-likeness (QED) is 0.654. The van der Waals surface area contributed by atoms with Crippen molar-refractivity contribution in [2.24, 2.45) is 0 Å². The maximum Gasteiger partial charge on any atom is 0.192 e. The standard InChI is InChI=1S/C12H8O3/c13-10-5-7-15-12-8(10)3-4-11-9(12)2-1-6-14-11/h1-5,7H,6H2. The average molecular weight is 200 g/mol. The van der Waals surface area contributed by atoms with Crippen molar-refractivity contribution in [2.45, 2.75) is 0 Å². The Bertz CT molecular complexity index is 608. The van der Waals surface area contributed by atoms with Crippen LogP contribution in [-0.2, 0) is 0 Å². The Kier molecular flexibility index (Phi) is 1.65. The first-order valence-corrected chi connectivity index (χ1v) is 4.70. The molecule has 2 aromatic rings. The van der Waals surface area contributed by atoms with E-state index in [1.807, 2.05) is 12.2 Å². The highest BCUT2D eigenvalue weighted by molar-refractivity contribution is 5.88. The number of hydrogen-bond donors (Lipinski definition) is 0. The van der Waals surface area contributed by atoms with Crippen LogP contribution in [0, 0.1) is 0 Å². The first kappa shape index (κ1) is 8.29. The predicted molar refractivity (Wildman–Crippen MR) is 57.0 cm³/mol. The Labute approximate surface area is 85.6 Å². The molecule has 74 valence electrons. The van der Waals surface area contributed by atoms with E-state index < -0.39 is 0 Å². The highest BCUT2D eigenvalue weighted by atomic mass is 16.5. The lowest BCUT2D eigenvalue weighted by Gasteiger charge is -2.12. The van der Waals surface area contributed by atoms with E-state index in [1.54, 1.807) is 12.1 Å². The van der Waals surface area contributed by atoms with Crippen molar-refractivity contribution in [1.29, 1.82) is 0 Å². The van der Waals surface area contributed by atoms with Gasteiger partial charge in [-0.25, -0.2) is 0 Å². The van der Waals surface area contributed by atoms with Gasteiger partial charge in [0.15, 0.2) is 5.43 Å². The van der Waals surface area contributed by atoms with Crippen LogP contribution in [0.15, 0.2) is 39.7 Å². The van der Waals surface area contributed by atoms with Gasteiger partial charge in [-0.05, 0) is 24.3 Å². The molecule has 1 aliphatic rings. The lowest BCUT2D eigenvalue weighted by Crippen LogP contribution is -2.04. The molecule has 3 heteroatoms. The molecule has 0 amide bonds. The minimum atomic E-state index is -0.0296. The largest absolute Gasteiger partial charge is 0.489 e. The van der Waals surface area contributed by atoms with E-state index in [1.165, 1.54) is 12.3 Å². The summed E-state index contributed by atoms with van der Waals surface area (Å²) in [6, 6.07) is 4.96. The fourth-order valence-corrected chi connectivity index (χ4v) is 1.74. The van der Waals surface area contributed by atoms with Gasteiger partial charge in [-0.2, -0.15) is 0 Å². The van der Waals surface area contributed by atoms with E-state index >= 15 is 0 Å². The van der Waals surface area contributed by atoms with Gasteiger partial charge in [0, 0.05) is 6.07 Å². The van der Waals surface area contributed by atoms with Crippen LogP contribution in [0.25, 0.3) is 17.0 Å². The Morgan fingerprint density at radius 3 is 3.07 bits per heavy atom. The van der Waals surface area contributed by atoms with Gasteiger partial charge in [-0.15, -0.1) is 0 Å². The third-order valence-electron chi connectivity index (χ3n) is 2.45. The lowest BCUT2D eigenvalue weighted by atomic mass is 10.1. The van der Waals surface area contributed by atoms with Crippen LogP contribution in [0.1, 0.15) is 5.56 Å². The summed E-state index contributed by atoms with van der Waals surface area (Å²) in [5, 5.41) is 0.589. The van der Waals surface area contributed by atoms with Crippen molar-refractivity contribution < 1.29 is 9.15 Å². The molecule has 2 heterocycles. The van der Waals surface area contributed by atoms with Crippen LogP contribution in [-0.4, -0.2) is 6.61 Å². The Morgan fingerprint density at radius 2 is 2.13 bits per heavy atom. The molecule has 0 saturated carbocycles. The third kappa shape index (κ3) is 1.16. The first-order valence-electron chi connectivity index (χ1n) is 4.70. The molecule has 1 aliphatic heterocycles. The van der Waals surface area contributed by atoms with Gasteiger partial charge in [-0.1, -0.05) is 0 Å². The molecule has 0 aliphatic carbocycles. The molecule has 0 radical (unpaired) electrons. The molecule has 0 bridgehead atoms. The van der Waals surface area contributed by atoms with Crippen molar-refractivity contribution in [3.63, 3.8) is 0 Å². The lowest BCUT2D eigenvalue weighted by molar-refractivity contribution is 0.358. The van der Waals surface area contributed by atoms with Crippen molar-refractivity contribution >= 4 is 17.0 Å². The maximum absolute atomic E-state index is 11.5. The normalized spacial score (nSPS) is 13.6. The van der Waals surface area contributed by atoms with E-state index in [2.05, 4.69) is 0 Å². The van der Waals surface area contributed by atoms with Gasteiger partial charge in [0.05, 0.1) is 17.2 Å².